The van der Waals surface area contributed by atoms with Gasteiger partial charge in [-0.25, -0.2) is 0 Å². The van der Waals surface area contributed by atoms with Crippen LogP contribution in [0.2, 0.25) is 0 Å². The summed E-state index contributed by atoms with van der Waals surface area (Å²) in [4.78, 5) is 12.3. The minimum Gasteiger partial charge on any atom is -0.299 e. The minimum atomic E-state index is 0.0131. The Morgan fingerprint density at radius 3 is 2.90 bits per heavy atom. The first-order valence-corrected chi connectivity index (χ1v) is 8.59. The van der Waals surface area contributed by atoms with E-state index in [9.17, 15) is 4.79 Å². The van der Waals surface area contributed by atoms with Crippen molar-refractivity contribution in [1.82, 2.24) is 0 Å². The summed E-state index contributed by atoms with van der Waals surface area (Å²) in [6.07, 6.45) is 6.81. The highest BCUT2D eigenvalue weighted by Crippen LogP contribution is 2.59. The Hall–Kier alpha value is -0.680. The molecule has 0 heterocycles. The van der Waals surface area contributed by atoms with Crippen LogP contribution < -0.4 is 5.30 Å². The van der Waals surface area contributed by atoms with Crippen molar-refractivity contribution in [3.8, 4) is 0 Å². The summed E-state index contributed by atoms with van der Waals surface area (Å²) in [7, 11) is 2.82. The van der Waals surface area contributed by atoms with E-state index in [1.807, 2.05) is 0 Å². The van der Waals surface area contributed by atoms with Crippen LogP contribution in [0.1, 0.15) is 56.1 Å². The van der Waals surface area contributed by atoms with Crippen LogP contribution in [0.4, 0.5) is 0 Å². The molecule has 5 atom stereocenters. The molecule has 0 bridgehead atoms. The summed E-state index contributed by atoms with van der Waals surface area (Å²) in [6, 6.07) is 6.94. The third-order valence-corrected chi connectivity index (χ3v) is 6.82. The van der Waals surface area contributed by atoms with Gasteiger partial charge in [-0.05, 0) is 66.3 Å². The molecule has 2 heteroatoms. The van der Waals surface area contributed by atoms with Gasteiger partial charge in [-0.2, -0.15) is 0 Å². The van der Waals surface area contributed by atoms with E-state index < -0.39 is 0 Å². The van der Waals surface area contributed by atoms with E-state index in [0.717, 1.165) is 25.2 Å². The van der Waals surface area contributed by atoms with Crippen molar-refractivity contribution in [3.63, 3.8) is 0 Å². The molecular formula is C18H23OP. The van der Waals surface area contributed by atoms with Crippen LogP contribution in [-0.2, 0) is 11.2 Å². The maximum atomic E-state index is 12.3. The quantitative estimate of drug-likeness (QED) is 0.666. The highest BCUT2D eigenvalue weighted by molar-refractivity contribution is 7.27. The minimum absolute atomic E-state index is 0.0131. The summed E-state index contributed by atoms with van der Waals surface area (Å²) < 4.78 is 0. The fourth-order valence-corrected chi connectivity index (χ4v) is 5.67. The zero-order chi connectivity index (χ0) is 13.9. The van der Waals surface area contributed by atoms with E-state index in [-0.39, 0.29) is 5.41 Å². The second kappa shape index (κ2) is 4.41. The van der Waals surface area contributed by atoms with Crippen molar-refractivity contribution in [2.45, 2.75) is 51.4 Å². The zero-order valence-electron chi connectivity index (χ0n) is 12.2. The number of carbonyl (C=O) groups excluding carboxylic acids is 1. The van der Waals surface area contributed by atoms with E-state index in [1.165, 1.54) is 24.6 Å². The molecule has 0 amide bonds. The van der Waals surface area contributed by atoms with Gasteiger partial charge in [-0.3, -0.25) is 4.79 Å². The van der Waals surface area contributed by atoms with E-state index in [2.05, 4.69) is 34.4 Å². The first kappa shape index (κ1) is 13.0. The van der Waals surface area contributed by atoms with Crippen LogP contribution in [0, 0.1) is 17.3 Å². The maximum Gasteiger partial charge on any atom is 0.139 e. The van der Waals surface area contributed by atoms with Crippen LogP contribution in [0.3, 0.4) is 0 Å². The fourth-order valence-electron chi connectivity index (χ4n) is 5.37. The predicted molar refractivity (Wildman–Crippen MR) is 85.4 cm³/mol. The van der Waals surface area contributed by atoms with Crippen molar-refractivity contribution in [1.29, 1.82) is 0 Å². The topological polar surface area (TPSA) is 17.1 Å². The molecular weight excluding hydrogens is 263 g/mol. The molecule has 1 nitrogen and oxygen atoms in total. The first-order chi connectivity index (χ1) is 9.59. The average Bonchev–Trinajstić information content (AvgIpc) is 2.74. The molecule has 2 saturated carbocycles. The van der Waals surface area contributed by atoms with Crippen molar-refractivity contribution in [2.24, 2.45) is 17.3 Å². The Balaban J connectivity index is 1.73. The van der Waals surface area contributed by atoms with Gasteiger partial charge in [-0.15, -0.1) is 9.24 Å². The Labute approximate surface area is 123 Å². The van der Waals surface area contributed by atoms with Crippen LogP contribution in [0.5, 0.6) is 0 Å². The Morgan fingerprint density at radius 2 is 2.05 bits per heavy atom. The predicted octanol–water partition coefficient (Wildman–Crippen LogP) is 3.61. The lowest BCUT2D eigenvalue weighted by molar-refractivity contribution is -0.129. The Bertz CT molecular complexity index is 579. The van der Waals surface area contributed by atoms with Crippen LogP contribution >= 0.6 is 9.24 Å². The standard InChI is InChI=1S/C18H23OP/c1-18-9-8-14-13-5-3-12(20)10-11(13)2-4-15(14)16(18)6-7-17(18)19/h3,5,10,14-16H,2,4,6-9,20H2,1H3/t14-,15-,16+,18+/m1/s1. The molecule has 20 heavy (non-hydrogen) atoms. The molecule has 0 N–H and O–H groups in total. The number of Topliss-reactive ketones (excluding diaryl/α,β-unsaturated/α-hetero) is 1. The molecule has 1 aromatic carbocycles. The molecule has 0 radical (unpaired) electrons. The smallest absolute Gasteiger partial charge is 0.139 e. The molecule has 0 aromatic heterocycles. The average molecular weight is 286 g/mol. The number of aryl methyl sites for hydroxylation is 1. The lowest BCUT2D eigenvalue weighted by Gasteiger charge is -2.48. The van der Waals surface area contributed by atoms with Crippen molar-refractivity contribution >= 4 is 20.3 Å². The third kappa shape index (κ3) is 1.69. The summed E-state index contributed by atoms with van der Waals surface area (Å²) in [5, 5.41) is 1.30. The number of carbonyl (C=O) groups is 1. The molecule has 0 saturated heterocycles. The Kier molecular flexibility index (Phi) is 2.87. The summed E-state index contributed by atoms with van der Waals surface area (Å²) in [5.74, 6) is 2.67. The van der Waals surface area contributed by atoms with Gasteiger partial charge in [0.05, 0.1) is 0 Å². The summed E-state index contributed by atoms with van der Waals surface area (Å²) in [6.45, 7) is 2.25. The normalized spacial score (nSPS) is 39.1. The van der Waals surface area contributed by atoms with Crippen LogP contribution in [0.25, 0.3) is 0 Å². The molecule has 2 fully saturated rings. The van der Waals surface area contributed by atoms with Gasteiger partial charge in [-0.1, -0.05) is 25.1 Å². The molecule has 0 spiro atoms. The van der Waals surface area contributed by atoms with Gasteiger partial charge in [0.1, 0.15) is 5.78 Å². The monoisotopic (exact) mass is 286 g/mol. The van der Waals surface area contributed by atoms with Crippen LogP contribution in [0.15, 0.2) is 18.2 Å². The van der Waals surface area contributed by atoms with Crippen molar-refractivity contribution in [2.75, 3.05) is 0 Å². The summed E-state index contributed by atoms with van der Waals surface area (Å²) >= 11 is 0. The highest BCUT2D eigenvalue weighted by Gasteiger charge is 2.54. The molecule has 0 aliphatic heterocycles. The largest absolute Gasteiger partial charge is 0.299 e. The van der Waals surface area contributed by atoms with E-state index in [4.69, 9.17) is 0 Å². The Morgan fingerprint density at radius 1 is 1.20 bits per heavy atom. The number of hydrogen-bond acceptors (Lipinski definition) is 1. The SMILES string of the molecule is C[C@]12CC[C@@H]3c4ccc(P)cc4CC[C@H]3[C@@H]1CCC2=O. The maximum absolute atomic E-state index is 12.3. The van der Waals surface area contributed by atoms with Gasteiger partial charge in [0, 0.05) is 11.8 Å². The van der Waals surface area contributed by atoms with E-state index >= 15 is 0 Å². The fraction of sp³-hybridized carbons (Fsp3) is 0.611. The third-order valence-electron chi connectivity index (χ3n) is 6.46. The number of fused-ring (bicyclic) bond motifs is 5. The van der Waals surface area contributed by atoms with E-state index in [1.54, 1.807) is 11.1 Å². The molecule has 106 valence electrons. The lowest BCUT2D eigenvalue weighted by Crippen LogP contribution is -2.42. The zero-order valence-corrected chi connectivity index (χ0v) is 13.3. The molecule has 1 aromatic rings. The highest BCUT2D eigenvalue weighted by atomic mass is 31.0. The van der Waals surface area contributed by atoms with Gasteiger partial charge in [0.2, 0.25) is 0 Å². The first-order valence-electron chi connectivity index (χ1n) is 8.01. The number of hydrogen-bond donors (Lipinski definition) is 0. The van der Waals surface area contributed by atoms with Gasteiger partial charge in [0.25, 0.3) is 0 Å². The number of ketones is 1. The molecule has 1 unspecified atom stereocenters. The second-order valence-corrected chi connectivity index (χ2v) is 7.96. The van der Waals surface area contributed by atoms with Gasteiger partial charge < -0.3 is 0 Å². The molecule has 4 rings (SSSR count). The van der Waals surface area contributed by atoms with E-state index in [0.29, 0.717) is 17.6 Å². The van der Waals surface area contributed by atoms with Gasteiger partial charge >= 0.3 is 0 Å². The summed E-state index contributed by atoms with van der Waals surface area (Å²) in [5.41, 5.74) is 3.17. The number of benzene rings is 1. The van der Waals surface area contributed by atoms with Crippen LogP contribution in [-0.4, -0.2) is 5.78 Å². The second-order valence-electron chi connectivity index (χ2n) is 7.29. The number of rotatable bonds is 0. The van der Waals surface area contributed by atoms with Gasteiger partial charge in [0.15, 0.2) is 0 Å². The lowest BCUT2D eigenvalue weighted by atomic mass is 9.55. The molecule has 3 aliphatic rings. The van der Waals surface area contributed by atoms with Crippen molar-refractivity contribution in [3.05, 3.63) is 29.3 Å². The van der Waals surface area contributed by atoms with Crippen molar-refractivity contribution < 1.29 is 4.79 Å². The molecule has 3 aliphatic carbocycles.